The summed E-state index contributed by atoms with van der Waals surface area (Å²) in [4.78, 5) is 62.0. The molecule has 0 aliphatic rings. The maximum absolute atomic E-state index is 12.7. The SMILES string of the molecule is CCOC(=O)Oc1ccc(C(C(C)COC(=O)c2ccccc2)[C@H](NC(=O)OC(C)(C)C)C(=O)O)cc1OC(=O)OCC. The van der Waals surface area contributed by atoms with Gasteiger partial charge in [0.2, 0.25) is 0 Å². The summed E-state index contributed by atoms with van der Waals surface area (Å²) in [6.07, 6.45) is -3.18. The van der Waals surface area contributed by atoms with E-state index in [1.54, 1.807) is 71.9 Å². The van der Waals surface area contributed by atoms with Crippen molar-refractivity contribution in [1.29, 1.82) is 0 Å². The molecule has 2 aromatic carbocycles. The monoisotopic (exact) mass is 603 g/mol. The minimum Gasteiger partial charge on any atom is -0.480 e. The molecule has 13 heteroatoms. The molecule has 0 aliphatic heterocycles. The number of alkyl carbamates (subject to hydrolysis) is 1. The standard InChI is InChI=1S/C30H37NO12/c1-7-38-28(36)41-21-15-14-20(16-22(21)42-29(37)39-8-2)23(24(25(32)33)31-27(35)43-30(4,5)6)18(3)17-40-26(34)19-12-10-9-11-13-19/h9-16,18,23-24H,7-8,17H2,1-6H3,(H,31,35)(H,32,33)/t18?,23?,24-/m0/s1. The minimum atomic E-state index is -1.60. The van der Waals surface area contributed by atoms with Gasteiger partial charge in [-0.2, -0.15) is 0 Å². The number of carboxylic acid groups (broad SMARTS) is 1. The fraction of sp³-hybridized carbons (Fsp3) is 0.433. The molecule has 2 unspecified atom stereocenters. The van der Waals surface area contributed by atoms with Crippen molar-refractivity contribution in [1.82, 2.24) is 5.32 Å². The molecule has 0 aliphatic carbocycles. The van der Waals surface area contributed by atoms with E-state index in [4.69, 9.17) is 28.4 Å². The van der Waals surface area contributed by atoms with Gasteiger partial charge in [0.15, 0.2) is 11.5 Å². The van der Waals surface area contributed by atoms with Gasteiger partial charge in [-0.15, -0.1) is 0 Å². The van der Waals surface area contributed by atoms with Gasteiger partial charge in [-0.05, 0) is 70.4 Å². The van der Waals surface area contributed by atoms with E-state index >= 15 is 0 Å². The molecule has 0 fully saturated rings. The maximum atomic E-state index is 12.7. The molecule has 0 aromatic heterocycles. The average molecular weight is 604 g/mol. The van der Waals surface area contributed by atoms with E-state index in [2.05, 4.69) is 5.32 Å². The van der Waals surface area contributed by atoms with Crippen molar-refractivity contribution < 1.29 is 57.5 Å². The Balaban J connectivity index is 2.54. The van der Waals surface area contributed by atoms with Crippen LogP contribution in [0.25, 0.3) is 0 Å². The predicted molar refractivity (Wildman–Crippen MR) is 151 cm³/mol. The Labute approximate surface area is 249 Å². The van der Waals surface area contributed by atoms with Crippen molar-refractivity contribution in [3.63, 3.8) is 0 Å². The molecule has 0 saturated heterocycles. The van der Waals surface area contributed by atoms with E-state index in [-0.39, 0.29) is 36.9 Å². The molecule has 234 valence electrons. The van der Waals surface area contributed by atoms with Crippen LogP contribution in [0.5, 0.6) is 11.5 Å². The van der Waals surface area contributed by atoms with Gasteiger partial charge in [-0.3, -0.25) is 0 Å². The Morgan fingerprint density at radius 3 is 1.95 bits per heavy atom. The first-order chi connectivity index (χ1) is 20.2. The molecule has 0 saturated carbocycles. The van der Waals surface area contributed by atoms with Crippen LogP contribution in [0.2, 0.25) is 0 Å². The first-order valence-electron chi connectivity index (χ1n) is 13.5. The zero-order valence-corrected chi connectivity index (χ0v) is 24.9. The summed E-state index contributed by atoms with van der Waals surface area (Å²) in [5.74, 6) is -4.39. The molecule has 1 amide bonds. The number of carbonyl (C=O) groups excluding carboxylic acids is 4. The molecular weight excluding hydrogens is 566 g/mol. The van der Waals surface area contributed by atoms with E-state index in [0.717, 1.165) is 0 Å². The quantitative estimate of drug-likeness (QED) is 0.182. The Kier molecular flexibility index (Phi) is 12.8. The lowest BCUT2D eigenvalue weighted by Gasteiger charge is -2.31. The molecule has 0 radical (unpaired) electrons. The van der Waals surface area contributed by atoms with Crippen LogP contribution in [0.15, 0.2) is 48.5 Å². The highest BCUT2D eigenvalue weighted by Gasteiger charge is 2.37. The first-order valence-corrected chi connectivity index (χ1v) is 13.5. The van der Waals surface area contributed by atoms with Gasteiger partial charge in [-0.1, -0.05) is 31.2 Å². The number of rotatable bonds is 12. The smallest absolute Gasteiger partial charge is 0.480 e. The summed E-state index contributed by atoms with van der Waals surface area (Å²) in [5, 5.41) is 12.6. The van der Waals surface area contributed by atoms with Crippen LogP contribution in [0.4, 0.5) is 14.4 Å². The summed E-state index contributed by atoms with van der Waals surface area (Å²) in [5.41, 5.74) is -0.410. The van der Waals surface area contributed by atoms with Crippen molar-refractivity contribution in [3.05, 3.63) is 59.7 Å². The lowest BCUT2D eigenvalue weighted by Crippen LogP contribution is -2.48. The third kappa shape index (κ3) is 11.2. The van der Waals surface area contributed by atoms with Crippen molar-refractivity contribution in [2.24, 2.45) is 5.92 Å². The third-order valence-corrected chi connectivity index (χ3v) is 5.66. The predicted octanol–water partition coefficient (Wildman–Crippen LogP) is 5.31. The van der Waals surface area contributed by atoms with Crippen LogP contribution in [0, 0.1) is 5.92 Å². The van der Waals surface area contributed by atoms with Gasteiger partial charge >= 0.3 is 30.3 Å². The second-order valence-electron chi connectivity index (χ2n) is 10.2. The lowest BCUT2D eigenvalue weighted by atomic mass is 9.81. The highest BCUT2D eigenvalue weighted by atomic mass is 16.7. The largest absolute Gasteiger partial charge is 0.513 e. The zero-order chi connectivity index (χ0) is 32.2. The van der Waals surface area contributed by atoms with Crippen molar-refractivity contribution in [2.45, 2.75) is 59.1 Å². The lowest BCUT2D eigenvalue weighted by molar-refractivity contribution is -0.140. The van der Waals surface area contributed by atoms with E-state index in [1.807, 2.05) is 0 Å². The molecule has 13 nitrogen and oxygen atoms in total. The normalized spacial score (nSPS) is 13.0. The topological polar surface area (TPSA) is 173 Å². The Hall–Kier alpha value is -4.81. The van der Waals surface area contributed by atoms with Crippen LogP contribution in [-0.2, 0) is 23.7 Å². The van der Waals surface area contributed by atoms with Gasteiger partial charge in [0, 0.05) is 5.92 Å². The van der Waals surface area contributed by atoms with Crippen LogP contribution < -0.4 is 14.8 Å². The molecule has 43 heavy (non-hydrogen) atoms. The second-order valence-corrected chi connectivity index (χ2v) is 10.2. The fourth-order valence-electron chi connectivity index (χ4n) is 3.93. The van der Waals surface area contributed by atoms with E-state index in [9.17, 15) is 29.1 Å². The maximum Gasteiger partial charge on any atom is 0.513 e. The van der Waals surface area contributed by atoms with Gasteiger partial charge in [0.1, 0.15) is 11.6 Å². The first kappa shape index (κ1) is 34.4. The number of carboxylic acids is 1. The summed E-state index contributed by atoms with van der Waals surface area (Å²) in [7, 11) is 0. The van der Waals surface area contributed by atoms with Crippen molar-refractivity contribution in [3.8, 4) is 11.5 Å². The van der Waals surface area contributed by atoms with Crippen molar-refractivity contribution >= 4 is 30.3 Å². The van der Waals surface area contributed by atoms with Crippen molar-refractivity contribution in [2.75, 3.05) is 19.8 Å². The molecule has 0 spiro atoms. The summed E-state index contributed by atoms with van der Waals surface area (Å²) in [6, 6.07) is 10.5. The Morgan fingerprint density at radius 2 is 1.42 bits per heavy atom. The number of nitrogens with one attached hydrogen (secondary N) is 1. The Morgan fingerprint density at radius 1 is 0.837 bits per heavy atom. The van der Waals surface area contributed by atoms with E-state index in [1.165, 1.54) is 18.2 Å². The minimum absolute atomic E-state index is 0.0140. The number of carbonyl (C=O) groups is 5. The summed E-state index contributed by atoms with van der Waals surface area (Å²) < 4.78 is 30.8. The molecular formula is C30H37NO12. The number of ether oxygens (including phenoxy) is 6. The summed E-state index contributed by atoms with van der Waals surface area (Å²) >= 11 is 0. The fourth-order valence-corrected chi connectivity index (χ4v) is 3.93. The second kappa shape index (κ2) is 16.0. The van der Waals surface area contributed by atoms with Crippen LogP contribution >= 0.6 is 0 Å². The highest BCUT2D eigenvalue weighted by Crippen LogP contribution is 2.36. The van der Waals surface area contributed by atoms with Gasteiger partial charge < -0.3 is 38.8 Å². The van der Waals surface area contributed by atoms with Gasteiger partial charge in [-0.25, -0.2) is 24.0 Å². The molecule has 3 atom stereocenters. The zero-order valence-electron chi connectivity index (χ0n) is 24.9. The number of hydrogen-bond donors (Lipinski definition) is 2. The Bertz CT molecular complexity index is 1270. The molecule has 2 aromatic rings. The van der Waals surface area contributed by atoms with Crippen LogP contribution in [0.1, 0.15) is 63.4 Å². The van der Waals surface area contributed by atoms with E-state index in [0.29, 0.717) is 5.56 Å². The van der Waals surface area contributed by atoms with Gasteiger partial charge in [0.25, 0.3) is 0 Å². The number of amides is 1. The molecule has 2 N–H and O–H groups in total. The number of benzene rings is 2. The average Bonchev–Trinajstić information content (AvgIpc) is 2.92. The van der Waals surface area contributed by atoms with Gasteiger partial charge in [0.05, 0.1) is 25.4 Å². The molecule has 0 bridgehead atoms. The molecule has 0 heterocycles. The number of aliphatic carboxylic acids is 1. The van der Waals surface area contributed by atoms with Crippen LogP contribution in [0.3, 0.4) is 0 Å². The van der Waals surface area contributed by atoms with Crippen LogP contribution in [-0.4, -0.2) is 66.9 Å². The highest BCUT2D eigenvalue weighted by molar-refractivity contribution is 5.89. The number of hydrogen-bond acceptors (Lipinski definition) is 11. The summed E-state index contributed by atoms with van der Waals surface area (Å²) in [6.45, 7) is 9.34. The third-order valence-electron chi connectivity index (χ3n) is 5.66. The molecule has 2 rings (SSSR count). The number of esters is 1. The van der Waals surface area contributed by atoms with E-state index < -0.39 is 53.8 Å².